The molecule has 0 radical (unpaired) electrons. The van der Waals surface area contributed by atoms with Gasteiger partial charge in [-0.3, -0.25) is 29.3 Å². The predicted molar refractivity (Wildman–Crippen MR) is 128 cm³/mol. The van der Waals surface area contributed by atoms with Gasteiger partial charge >= 0.3 is 0 Å². The first-order valence-electron chi connectivity index (χ1n) is 10.6. The van der Waals surface area contributed by atoms with Crippen LogP contribution in [0.5, 0.6) is 5.75 Å². The molecule has 182 valence electrons. The molecule has 3 aromatic rings. The highest BCUT2D eigenvalue weighted by atomic mass is 35.5. The van der Waals surface area contributed by atoms with Crippen LogP contribution >= 0.6 is 11.6 Å². The van der Waals surface area contributed by atoms with Gasteiger partial charge in [0.2, 0.25) is 0 Å². The number of hydrazine groups is 1. The zero-order valence-electron chi connectivity index (χ0n) is 19.0. The number of methoxy groups -OCH3 is 1. The van der Waals surface area contributed by atoms with E-state index in [0.29, 0.717) is 15.8 Å². The molecule has 1 aliphatic heterocycles. The van der Waals surface area contributed by atoms with Gasteiger partial charge in [0, 0.05) is 11.6 Å². The third-order valence-electron chi connectivity index (χ3n) is 5.72. The number of nitro benzene ring substituents is 1. The van der Waals surface area contributed by atoms with E-state index in [-0.39, 0.29) is 21.7 Å². The van der Waals surface area contributed by atoms with E-state index in [0.717, 1.165) is 6.07 Å². The summed E-state index contributed by atoms with van der Waals surface area (Å²) in [6.07, 6.45) is 0. The highest BCUT2D eigenvalue weighted by Crippen LogP contribution is 2.34. The van der Waals surface area contributed by atoms with Crippen LogP contribution in [-0.4, -0.2) is 51.6 Å². The van der Waals surface area contributed by atoms with Crippen LogP contribution in [0.4, 0.5) is 5.69 Å². The van der Waals surface area contributed by atoms with Crippen molar-refractivity contribution in [1.82, 2.24) is 10.0 Å². The average molecular weight is 508 g/mol. The molecule has 10 nitrogen and oxygen atoms in total. The molecule has 11 heteroatoms. The Morgan fingerprint density at radius 1 is 1.00 bits per heavy atom. The van der Waals surface area contributed by atoms with E-state index in [1.165, 1.54) is 56.5 Å². The standard InChI is InChI=1S/C25H18ClN3O7/c1-14(22(30)15-10-12-16(36-2)13-11-15)27(23(31)17-6-3-4-8-19(17)26)28-24(32)18-7-5-9-20(29(34)35)21(18)25(28)33/h3-14H,1-2H3/t14-/m0/s1. The summed E-state index contributed by atoms with van der Waals surface area (Å²) < 4.78 is 5.10. The lowest BCUT2D eigenvalue weighted by Gasteiger charge is -2.34. The number of nitrogens with zero attached hydrogens (tertiary/aromatic N) is 3. The molecule has 0 aromatic heterocycles. The minimum absolute atomic E-state index is 0.0270. The van der Waals surface area contributed by atoms with Gasteiger partial charge in [-0.2, -0.15) is 5.01 Å². The van der Waals surface area contributed by atoms with Crippen molar-refractivity contribution in [3.8, 4) is 5.75 Å². The second-order valence-electron chi connectivity index (χ2n) is 7.78. The topological polar surface area (TPSA) is 127 Å². The molecular weight excluding hydrogens is 490 g/mol. The molecule has 36 heavy (non-hydrogen) atoms. The van der Waals surface area contributed by atoms with E-state index >= 15 is 0 Å². The van der Waals surface area contributed by atoms with Gasteiger partial charge in [0.05, 0.1) is 28.2 Å². The number of rotatable bonds is 7. The number of carbonyl (C=O) groups is 4. The highest BCUT2D eigenvalue weighted by molar-refractivity contribution is 6.34. The van der Waals surface area contributed by atoms with Gasteiger partial charge in [-0.15, -0.1) is 0 Å². The molecule has 0 saturated carbocycles. The molecule has 1 heterocycles. The van der Waals surface area contributed by atoms with Crippen molar-refractivity contribution >= 4 is 40.8 Å². The fourth-order valence-electron chi connectivity index (χ4n) is 3.91. The lowest BCUT2D eigenvalue weighted by Crippen LogP contribution is -2.56. The molecule has 3 aromatic carbocycles. The number of hydrogen-bond donors (Lipinski definition) is 0. The summed E-state index contributed by atoms with van der Waals surface area (Å²) in [7, 11) is 1.46. The molecule has 0 aliphatic carbocycles. The van der Waals surface area contributed by atoms with Crippen LogP contribution in [-0.2, 0) is 0 Å². The molecule has 1 atom stereocenters. The van der Waals surface area contributed by atoms with E-state index in [2.05, 4.69) is 0 Å². The van der Waals surface area contributed by atoms with Gasteiger partial charge in [-0.1, -0.05) is 29.8 Å². The Balaban J connectivity index is 1.83. The Kier molecular flexibility index (Phi) is 6.54. The molecular formula is C25H18ClN3O7. The van der Waals surface area contributed by atoms with Crippen LogP contribution in [0.1, 0.15) is 48.4 Å². The number of halogens is 1. The number of ketones is 1. The van der Waals surface area contributed by atoms with Gasteiger partial charge in [0.15, 0.2) is 5.78 Å². The maximum Gasteiger partial charge on any atom is 0.287 e. The fraction of sp³-hybridized carbons (Fsp3) is 0.120. The zero-order chi connectivity index (χ0) is 26.1. The van der Waals surface area contributed by atoms with E-state index < -0.39 is 45.7 Å². The van der Waals surface area contributed by atoms with Gasteiger partial charge in [-0.05, 0) is 49.4 Å². The van der Waals surface area contributed by atoms with Crippen molar-refractivity contribution in [2.75, 3.05) is 7.11 Å². The molecule has 3 amide bonds. The quantitative estimate of drug-likeness (QED) is 0.203. The largest absolute Gasteiger partial charge is 0.497 e. The maximum absolute atomic E-state index is 13.7. The number of Topliss-reactive ketones (excluding diaryl/α,β-unsaturated/α-hetero) is 1. The van der Waals surface area contributed by atoms with Gasteiger partial charge in [-0.25, -0.2) is 5.01 Å². The molecule has 0 bridgehead atoms. The molecule has 0 fully saturated rings. The maximum atomic E-state index is 13.7. The van der Waals surface area contributed by atoms with Crippen LogP contribution in [0.3, 0.4) is 0 Å². The Morgan fingerprint density at radius 3 is 2.28 bits per heavy atom. The second-order valence-corrected chi connectivity index (χ2v) is 8.18. The smallest absolute Gasteiger partial charge is 0.287 e. The summed E-state index contributed by atoms with van der Waals surface area (Å²) in [6.45, 7) is 1.35. The van der Waals surface area contributed by atoms with Crippen molar-refractivity contribution < 1.29 is 28.8 Å². The molecule has 0 unspecified atom stereocenters. The van der Waals surface area contributed by atoms with Crippen molar-refractivity contribution in [2.45, 2.75) is 13.0 Å². The lowest BCUT2D eigenvalue weighted by molar-refractivity contribution is -0.385. The molecule has 0 spiro atoms. The minimum Gasteiger partial charge on any atom is -0.497 e. The van der Waals surface area contributed by atoms with E-state index in [1.54, 1.807) is 18.2 Å². The number of fused-ring (bicyclic) bond motifs is 1. The summed E-state index contributed by atoms with van der Waals surface area (Å²) >= 11 is 6.21. The van der Waals surface area contributed by atoms with Crippen molar-refractivity contribution in [3.05, 3.63) is 104 Å². The number of benzene rings is 3. The van der Waals surface area contributed by atoms with Gasteiger partial charge < -0.3 is 4.74 Å². The SMILES string of the molecule is COc1ccc(C(=O)[C@H](C)N(C(=O)c2ccccc2Cl)N2C(=O)c3cccc([N+](=O)[O-])c3C2=O)cc1. The Morgan fingerprint density at radius 2 is 1.67 bits per heavy atom. The van der Waals surface area contributed by atoms with Crippen LogP contribution in [0.25, 0.3) is 0 Å². The summed E-state index contributed by atoms with van der Waals surface area (Å²) in [5, 5.41) is 12.7. The molecule has 4 rings (SSSR count). The van der Waals surface area contributed by atoms with Crippen molar-refractivity contribution in [1.29, 1.82) is 0 Å². The number of ether oxygens (including phenoxy) is 1. The minimum atomic E-state index is -1.37. The first-order valence-corrected chi connectivity index (χ1v) is 11.0. The average Bonchev–Trinajstić information content (AvgIpc) is 3.13. The van der Waals surface area contributed by atoms with E-state index in [1.807, 2.05) is 0 Å². The molecule has 0 saturated heterocycles. The van der Waals surface area contributed by atoms with E-state index in [9.17, 15) is 29.3 Å². The first kappa shape index (κ1) is 24.6. The number of carbonyl (C=O) groups excluding carboxylic acids is 4. The first-order chi connectivity index (χ1) is 17.2. The number of nitro groups is 1. The van der Waals surface area contributed by atoms with Crippen molar-refractivity contribution in [2.24, 2.45) is 0 Å². The summed E-state index contributed by atoms with van der Waals surface area (Å²) in [4.78, 5) is 64.5. The Hall–Kier alpha value is -4.57. The third-order valence-corrected chi connectivity index (χ3v) is 6.05. The number of amides is 3. The highest BCUT2D eigenvalue weighted by Gasteiger charge is 2.48. The number of hydrogen-bond acceptors (Lipinski definition) is 7. The Bertz CT molecular complexity index is 1420. The zero-order valence-corrected chi connectivity index (χ0v) is 19.8. The predicted octanol–water partition coefficient (Wildman–Crippen LogP) is 4.18. The van der Waals surface area contributed by atoms with Crippen LogP contribution in [0, 0.1) is 10.1 Å². The van der Waals surface area contributed by atoms with Crippen LogP contribution in [0.15, 0.2) is 66.7 Å². The lowest BCUT2D eigenvalue weighted by atomic mass is 10.0. The van der Waals surface area contributed by atoms with Crippen LogP contribution < -0.4 is 4.74 Å². The fourth-order valence-corrected chi connectivity index (χ4v) is 4.13. The normalized spacial score (nSPS) is 13.2. The van der Waals surface area contributed by atoms with Gasteiger partial charge in [0.1, 0.15) is 17.4 Å². The monoisotopic (exact) mass is 507 g/mol. The van der Waals surface area contributed by atoms with Crippen molar-refractivity contribution in [3.63, 3.8) is 0 Å². The van der Waals surface area contributed by atoms with E-state index in [4.69, 9.17) is 16.3 Å². The molecule has 0 N–H and O–H groups in total. The third kappa shape index (κ3) is 4.07. The second kappa shape index (κ2) is 9.59. The van der Waals surface area contributed by atoms with Gasteiger partial charge in [0.25, 0.3) is 23.4 Å². The number of imide groups is 1. The summed E-state index contributed by atoms with van der Waals surface area (Å²) in [5.74, 6) is -3.09. The Labute approximate surface area is 209 Å². The summed E-state index contributed by atoms with van der Waals surface area (Å²) in [6, 6.07) is 14.2. The molecule has 1 aliphatic rings. The van der Waals surface area contributed by atoms with Crippen LogP contribution in [0.2, 0.25) is 5.02 Å². The summed E-state index contributed by atoms with van der Waals surface area (Å²) in [5.41, 5.74) is -1.20.